The number of halogens is 1. The van der Waals surface area contributed by atoms with E-state index in [4.69, 9.17) is 0 Å². The van der Waals surface area contributed by atoms with E-state index < -0.39 is 5.91 Å². The van der Waals surface area contributed by atoms with Crippen LogP contribution >= 0.6 is 15.9 Å². The number of aryl methyl sites for hydroxylation is 2. The third kappa shape index (κ3) is 4.67. The summed E-state index contributed by atoms with van der Waals surface area (Å²) in [6.45, 7) is 6.15. The monoisotopic (exact) mass is 447 g/mol. The number of benzene rings is 2. The normalized spacial score (nSPS) is 11.2. The van der Waals surface area contributed by atoms with Crippen molar-refractivity contribution in [1.82, 2.24) is 4.57 Å². The second-order valence-corrected chi connectivity index (χ2v) is 7.73. The van der Waals surface area contributed by atoms with E-state index in [0.717, 1.165) is 33.5 Å². The number of nitrogens with one attached hydrogen (secondary N) is 1. The fourth-order valence-corrected chi connectivity index (χ4v) is 3.51. The first-order valence-corrected chi connectivity index (χ1v) is 10.2. The number of hydrogen-bond acceptors (Lipinski definition) is 2. The van der Waals surface area contributed by atoms with Gasteiger partial charge in [0.1, 0.15) is 11.6 Å². The van der Waals surface area contributed by atoms with Crippen LogP contribution in [-0.2, 0) is 11.2 Å². The molecule has 4 nitrogen and oxygen atoms in total. The highest BCUT2D eigenvalue weighted by atomic mass is 79.9. The molecule has 0 atom stereocenters. The summed E-state index contributed by atoms with van der Waals surface area (Å²) in [5, 5.41) is 12.3. The molecular formula is C24H22BrN3O. The molecule has 3 aromatic rings. The fraction of sp³-hybridized carbons (Fsp3) is 0.167. The summed E-state index contributed by atoms with van der Waals surface area (Å²) in [4.78, 5) is 12.6. The van der Waals surface area contributed by atoms with Crippen LogP contribution in [0.2, 0.25) is 0 Å². The smallest absolute Gasteiger partial charge is 0.266 e. The van der Waals surface area contributed by atoms with Crippen molar-refractivity contribution in [2.75, 3.05) is 5.32 Å². The molecule has 0 unspecified atom stereocenters. The van der Waals surface area contributed by atoms with Gasteiger partial charge in [-0.1, -0.05) is 35.0 Å². The van der Waals surface area contributed by atoms with Gasteiger partial charge in [-0.05, 0) is 79.9 Å². The minimum absolute atomic E-state index is 0.0644. The summed E-state index contributed by atoms with van der Waals surface area (Å²) in [7, 11) is 0. The highest BCUT2D eigenvalue weighted by molar-refractivity contribution is 9.10. The van der Waals surface area contributed by atoms with Gasteiger partial charge in [-0.15, -0.1) is 0 Å². The van der Waals surface area contributed by atoms with E-state index in [2.05, 4.69) is 57.0 Å². The Kier molecular flexibility index (Phi) is 6.36. The van der Waals surface area contributed by atoms with Crippen LogP contribution in [0, 0.1) is 25.2 Å². The van der Waals surface area contributed by atoms with Crippen LogP contribution in [0.15, 0.2) is 64.6 Å². The first-order valence-electron chi connectivity index (χ1n) is 9.40. The molecular weight excluding hydrogens is 426 g/mol. The quantitative estimate of drug-likeness (QED) is 0.387. The average Bonchev–Trinajstić information content (AvgIpc) is 3.00. The molecule has 0 aliphatic rings. The van der Waals surface area contributed by atoms with Crippen LogP contribution in [0.1, 0.15) is 29.4 Å². The molecule has 1 aromatic heterocycles. The number of rotatable bonds is 5. The first kappa shape index (κ1) is 20.6. The molecule has 0 radical (unpaired) electrons. The zero-order chi connectivity index (χ0) is 21.0. The predicted octanol–water partition coefficient (Wildman–Crippen LogP) is 5.96. The molecule has 0 aliphatic carbocycles. The van der Waals surface area contributed by atoms with E-state index >= 15 is 0 Å². The molecule has 0 aliphatic heterocycles. The van der Waals surface area contributed by atoms with Crippen molar-refractivity contribution in [2.45, 2.75) is 27.2 Å². The standard InChI is InChI=1S/C24H22BrN3O/c1-4-18-5-11-23(12-6-18)28-16(2)13-19(17(28)3)14-20(15-26)24(29)27-22-9-7-21(25)8-10-22/h5-14H,4H2,1-3H3,(H,27,29)/b20-14-. The van der Waals surface area contributed by atoms with Crippen LogP contribution in [-0.4, -0.2) is 10.5 Å². The summed E-state index contributed by atoms with van der Waals surface area (Å²) in [5.74, 6) is -0.424. The summed E-state index contributed by atoms with van der Waals surface area (Å²) < 4.78 is 3.05. The number of amides is 1. The van der Waals surface area contributed by atoms with Crippen molar-refractivity contribution in [1.29, 1.82) is 5.26 Å². The van der Waals surface area contributed by atoms with Crippen LogP contribution < -0.4 is 5.32 Å². The van der Waals surface area contributed by atoms with Gasteiger partial charge in [0.15, 0.2) is 0 Å². The Morgan fingerprint density at radius 2 is 1.79 bits per heavy atom. The van der Waals surface area contributed by atoms with E-state index in [1.54, 1.807) is 18.2 Å². The first-order chi connectivity index (χ1) is 13.9. The second-order valence-electron chi connectivity index (χ2n) is 6.81. The Balaban J connectivity index is 1.90. The maximum Gasteiger partial charge on any atom is 0.266 e. The Bertz CT molecular complexity index is 1100. The van der Waals surface area contributed by atoms with Crippen molar-refractivity contribution in [3.63, 3.8) is 0 Å². The summed E-state index contributed by atoms with van der Waals surface area (Å²) in [6, 6.07) is 19.7. The lowest BCUT2D eigenvalue weighted by atomic mass is 10.1. The van der Waals surface area contributed by atoms with E-state index in [-0.39, 0.29) is 5.57 Å². The second kappa shape index (κ2) is 8.93. The minimum atomic E-state index is -0.424. The van der Waals surface area contributed by atoms with E-state index in [1.807, 2.05) is 38.1 Å². The molecule has 146 valence electrons. The van der Waals surface area contributed by atoms with Gasteiger partial charge in [-0.2, -0.15) is 5.26 Å². The van der Waals surface area contributed by atoms with E-state index in [0.29, 0.717) is 5.69 Å². The molecule has 0 fully saturated rings. The third-order valence-corrected chi connectivity index (χ3v) is 5.37. The summed E-state index contributed by atoms with van der Waals surface area (Å²) in [6.07, 6.45) is 2.64. The number of nitrogens with zero attached hydrogens (tertiary/aromatic N) is 2. The van der Waals surface area contributed by atoms with Gasteiger partial charge in [0, 0.05) is 27.2 Å². The lowest BCUT2D eigenvalue weighted by Gasteiger charge is -2.10. The average molecular weight is 448 g/mol. The molecule has 0 saturated heterocycles. The maximum atomic E-state index is 12.6. The van der Waals surface area contributed by atoms with Gasteiger partial charge >= 0.3 is 0 Å². The topological polar surface area (TPSA) is 57.8 Å². The maximum absolute atomic E-state index is 12.6. The van der Waals surface area contributed by atoms with Crippen molar-refractivity contribution in [3.05, 3.63) is 87.2 Å². The number of aromatic nitrogens is 1. The third-order valence-electron chi connectivity index (χ3n) is 4.84. The zero-order valence-electron chi connectivity index (χ0n) is 16.7. The summed E-state index contributed by atoms with van der Waals surface area (Å²) >= 11 is 3.36. The highest BCUT2D eigenvalue weighted by Gasteiger charge is 2.14. The van der Waals surface area contributed by atoms with Gasteiger partial charge in [0.05, 0.1) is 0 Å². The molecule has 1 N–H and O–H groups in total. The lowest BCUT2D eigenvalue weighted by molar-refractivity contribution is -0.112. The molecule has 29 heavy (non-hydrogen) atoms. The Hall–Kier alpha value is -3.10. The molecule has 2 aromatic carbocycles. The number of carbonyl (C=O) groups excluding carboxylic acids is 1. The number of anilines is 1. The SMILES string of the molecule is CCc1ccc(-n2c(C)cc(/C=C(/C#N)C(=O)Nc3ccc(Br)cc3)c2C)cc1. The molecule has 1 amide bonds. The van der Waals surface area contributed by atoms with Crippen LogP contribution in [0.3, 0.4) is 0 Å². The fourth-order valence-electron chi connectivity index (χ4n) is 3.25. The van der Waals surface area contributed by atoms with Gasteiger partial charge in [0.25, 0.3) is 5.91 Å². The molecule has 0 bridgehead atoms. The molecule has 0 spiro atoms. The Morgan fingerprint density at radius 3 is 2.38 bits per heavy atom. The lowest BCUT2D eigenvalue weighted by Crippen LogP contribution is -2.13. The van der Waals surface area contributed by atoms with Gasteiger partial charge < -0.3 is 9.88 Å². The predicted molar refractivity (Wildman–Crippen MR) is 121 cm³/mol. The number of nitriles is 1. The largest absolute Gasteiger partial charge is 0.321 e. The van der Waals surface area contributed by atoms with Gasteiger partial charge in [-0.25, -0.2) is 0 Å². The molecule has 5 heteroatoms. The van der Waals surface area contributed by atoms with E-state index in [9.17, 15) is 10.1 Å². The van der Waals surface area contributed by atoms with Gasteiger partial charge in [0.2, 0.25) is 0 Å². The Morgan fingerprint density at radius 1 is 1.14 bits per heavy atom. The van der Waals surface area contributed by atoms with Gasteiger partial charge in [-0.3, -0.25) is 4.79 Å². The molecule has 1 heterocycles. The van der Waals surface area contributed by atoms with Crippen LogP contribution in [0.5, 0.6) is 0 Å². The number of hydrogen-bond donors (Lipinski definition) is 1. The summed E-state index contributed by atoms with van der Waals surface area (Å²) in [5.41, 5.74) is 5.93. The minimum Gasteiger partial charge on any atom is -0.321 e. The molecule has 3 rings (SSSR count). The highest BCUT2D eigenvalue weighted by Crippen LogP contribution is 2.24. The zero-order valence-corrected chi connectivity index (χ0v) is 18.2. The van der Waals surface area contributed by atoms with E-state index in [1.165, 1.54) is 5.56 Å². The van der Waals surface area contributed by atoms with Crippen molar-refractivity contribution >= 4 is 33.6 Å². The molecule has 0 saturated carbocycles. The Labute approximate surface area is 179 Å². The van der Waals surface area contributed by atoms with Crippen molar-refractivity contribution < 1.29 is 4.79 Å². The van der Waals surface area contributed by atoms with Crippen molar-refractivity contribution in [2.24, 2.45) is 0 Å². The van der Waals surface area contributed by atoms with Crippen LogP contribution in [0.25, 0.3) is 11.8 Å². The number of carbonyl (C=O) groups is 1. The van der Waals surface area contributed by atoms with Crippen molar-refractivity contribution in [3.8, 4) is 11.8 Å². The van der Waals surface area contributed by atoms with Crippen LogP contribution in [0.4, 0.5) is 5.69 Å².